The second-order valence-electron chi connectivity index (χ2n) is 6.59. The Hall–Kier alpha value is -1.06. The van der Waals surface area contributed by atoms with E-state index in [0.29, 0.717) is 6.04 Å². The van der Waals surface area contributed by atoms with Gasteiger partial charge in [-0.05, 0) is 64.0 Å². The Bertz CT molecular complexity index is 436. The van der Waals surface area contributed by atoms with Crippen molar-refractivity contribution in [3.05, 3.63) is 29.8 Å². The van der Waals surface area contributed by atoms with Crippen molar-refractivity contribution in [2.24, 2.45) is 0 Å². The molecule has 2 saturated heterocycles. The fourth-order valence-corrected chi connectivity index (χ4v) is 3.70. The zero-order valence-corrected chi connectivity index (χ0v) is 13.5. The third-order valence-electron chi connectivity index (χ3n) is 5.26. The molecular weight excluding hydrogens is 258 g/mol. The first-order valence-electron chi connectivity index (χ1n) is 8.54. The Labute approximate surface area is 129 Å². The standard InChI is InChI=1S/C18H29N3/c1-15(19-2)16-6-8-17(9-7-16)21-13-10-18(14-21)20-11-4-3-5-12-20/h6-9,15,18-19H,3-5,10-14H2,1-2H3. The summed E-state index contributed by atoms with van der Waals surface area (Å²) in [6.07, 6.45) is 5.55. The predicted molar refractivity (Wildman–Crippen MR) is 90.0 cm³/mol. The van der Waals surface area contributed by atoms with Gasteiger partial charge in [-0.2, -0.15) is 0 Å². The second-order valence-corrected chi connectivity index (χ2v) is 6.59. The number of hydrogen-bond donors (Lipinski definition) is 1. The maximum Gasteiger partial charge on any atom is 0.0366 e. The van der Waals surface area contributed by atoms with Crippen LogP contribution in [0.15, 0.2) is 24.3 Å². The number of hydrogen-bond acceptors (Lipinski definition) is 3. The smallest absolute Gasteiger partial charge is 0.0366 e. The molecule has 0 saturated carbocycles. The van der Waals surface area contributed by atoms with Gasteiger partial charge in [-0.3, -0.25) is 4.90 Å². The molecule has 21 heavy (non-hydrogen) atoms. The Morgan fingerprint density at radius 3 is 2.43 bits per heavy atom. The van der Waals surface area contributed by atoms with Crippen molar-refractivity contribution in [2.45, 2.75) is 44.7 Å². The van der Waals surface area contributed by atoms with Gasteiger partial charge >= 0.3 is 0 Å². The van der Waals surface area contributed by atoms with E-state index in [-0.39, 0.29) is 0 Å². The molecule has 3 rings (SSSR count). The quantitative estimate of drug-likeness (QED) is 0.918. The Morgan fingerprint density at radius 1 is 1.05 bits per heavy atom. The molecule has 0 bridgehead atoms. The van der Waals surface area contributed by atoms with Crippen LogP contribution in [0.5, 0.6) is 0 Å². The average Bonchev–Trinajstić information content (AvgIpc) is 3.05. The van der Waals surface area contributed by atoms with Crippen LogP contribution in [0.25, 0.3) is 0 Å². The molecule has 0 amide bonds. The van der Waals surface area contributed by atoms with Gasteiger partial charge in [0.1, 0.15) is 0 Å². The van der Waals surface area contributed by atoms with Crippen molar-refractivity contribution >= 4 is 5.69 Å². The topological polar surface area (TPSA) is 18.5 Å². The monoisotopic (exact) mass is 287 g/mol. The van der Waals surface area contributed by atoms with Crippen molar-refractivity contribution < 1.29 is 0 Å². The third-order valence-corrected chi connectivity index (χ3v) is 5.26. The van der Waals surface area contributed by atoms with Crippen molar-refractivity contribution in [3.8, 4) is 0 Å². The van der Waals surface area contributed by atoms with Gasteiger partial charge in [-0.25, -0.2) is 0 Å². The number of piperidine rings is 1. The molecule has 2 atom stereocenters. The fraction of sp³-hybridized carbons (Fsp3) is 0.667. The van der Waals surface area contributed by atoms with Crippen LogP contribution in [0, 0.1) is 0 Å². The molecule has 2 aliphatic heterocycles. The maximum absolute atomic E-state index is 3.30. The summed E-state index contributed by atoms with van der Waals surface area (Å²) >= 11 is 0. The third kappa shape index (κ3) is 3.41. The largest absolute Gasteiger partial charge is 0.370 e. The van der Waals surface area contributed by atoms with Gasteiger partial charge in [0.05, 0.1) is 0 Å². The lowest BCUT2D eigenvalue weighted by molar-refractivity contribution is 0.175. The van der Waals surface area contributed by atoms with Crippen molar-refractivity contribution in [3.63, 3.8) is 0 Å². The number of likely N-dealkylation sites (tertiary alicyclic amines) is 1. The van der Waals surface area contributed by atoms with Gasteiger partial charge < -0.3 is 10.2 Å². The van der Waals surface area contributed by atoms with Crippen LogP contribution in [0.4, 0.5) is 5.69 Å². The Morgan fingerprint density at radius 2 is 1.76 bits per heavy atom. The predicted octanol–water partition coefficient (Wildman–Crippen LogP) is 3.03. The highest BCUT2D eigenvalue weighted by Gasteiger charge is 2.28. The molecule has 1 N–H and O–H groups in total. The van der Waals surface area contributed by atoms with Gasteiger partial charge in [-0.1, -0.05) is 18.6 Å². The summed E-state index contributed by atoms with van der Waals surface area (Å²) < 4.78 is 0. The Balaban J connectivity index is 1.60. The van der Waals surface area contributed by atoms with E-state index in [1.165, 1.54) is 63.1 Å². The molecule has 0 aromatic heterocycles. The zero-order chi connectivity index (χ0) is 14.7. The van der Waals surface area contributed by atoms with E-state index in [9.17, 15) is 0 Å². The van der Waals surface area contributed by atoms with Gasteiger partial charge in [0.15, 0.2) is 0 Å². The molecule has 2 unspecified atom stereocenters. The molecule has 3 heteroatoms. The Kier molecular flexibility index (Phi) is 4.81. The van der Waals surface area contributed by atoms with E-state index in [2.05, 4.69) is 46.3 Å². The minimum Gasteiger partial charge on any atom is -0.370 e. The first-order chi connectivity index (χ1) is 10.3. The molecular formula is C18H29N3. The van der Waals surface area contributed by atoms with Crippen LogP contribution < -0.4 is 10.2 Å². The van der Waals surface area contributed by atoms with Crippen LogP contribution >= 0.6 is 0 Å². The normalized spacial score (nSPS) is 25.2. The maximum atomic E-state index is 3.30. The summed E-state index contributed by atoms with van der Waals surface area (Å²) in [4.78, 5) is 5.29. The highest BCUT2D eigenvalue weighted by Crippen LogP contribution is 2.26. The van der Waals surface area contributed by atoms with Crippen molar-refractivity contribution in [1.29, 1.82) is 0 Å². The molecule has 2 fully saturated rings. The molecule has 0 radical (unpaired) electrons. The number of anilines is 1. The van der Waals surface area contributed by atoms with E-state index < -0.39 is 0 Å². The number of rotatable bonds is 4. The van der Waals surface area contributed by atoms with Crippen LogP contribution in [-0.4, -0.2) is 44.2 Å². The van der Waals surface area contributed by atoms with E-state index in [1.54, 1.807) is 0 Å². The molecule has 1 aromatic rings. The first-order valence-corrected chi connectivity index (χ1v) is 8.54. The lowest BCUT2D eigenvalue weighted by Crippen LogP contribution is -2.40. The number of nitrogens with one attached hydrogen (secondary N) is 1. The highest BCUT2D eigenvalue weighted by atomic mass is 15.3. The van der Waals surface area contributed by atoms with Gasteiger partial charge in [0, 0.05) is 30.9 Å². The van der Waals surface area contributed by atoms with Crippen molar-refractivity contribution in [1.82, 2.24) is 10.2 Å². The molecule has 2 heterocycles. The van der Waals surface area contributed by atoms with Gasteiger partial charge in [0.25, 0.3) is 0 Å². The molecule has 0 aliphatic carbocycles. The highest BCUT2D eigenvalue weighted by molar-refractivity contribution is 5.49. The summed E-state index contributed by atoms with van der Waals surface area (Å²) in [6.45, 7) is 7.26. The van der Waals surface area contributed by atoms with E-state index >= 15 is 0 Å². The lowest BCUT2D eigenvalue weighted by Gasteiger charge is -2.32. The van der Waals surface area contributed by atoms with Crippen LogP contribution in [0.2, 0.25) is 0 Å². The zero-order valence-electron chi connectivity index (χ0n) is 13.5. The summed E-state index contributed by atoms with van der Waals surface area (Å²) in [7, 11) is 2.02. The average molecular weight is 287 g/mol. The molecule has 3 nitrogen and oxygen atoms in total. The fourth-order valence-electron chi connectivity index (χ4n) is 3.70. The minimum absolute atomic E-state index is 0.429. The summed E-state index contributed by atoms with van der Waals surface area (Å²) in [5.74, 6) is 0. The van der Waals surface area contributed by atoms with Gasteiger partial charge in [0.2, 0.25) is 0 Å². The SMILES string of the molecule is CNC(C)c1ccc(N2CCC(N3CCCCC3)C2)cc1. The van der Waals surface area contributed by atoms with E-state index in [1.807, 2.05) is 7.05 Å². The number of benzene rings is 1. The molecule has 2 aliphatic rings. The summed E-state index contributed by atoms with van der Waals surface area (Å²) in [5, 5.41) is 3.30. The van der Waals surface area contributed by atoms with Crippen LogP contribution in [-0.2, 0) is 0 Å². The molecule has 116 valence electrons. The molecule has 0 spiro atoms. The second kappa shape index (κ2) is 6.80. The number of nitrogens with zero attached hydrogens (tertiary/aromatic N) is 2. The summed E-state index contributed by atoms with van der Waals surface area (Å²) in [6, 6.07) is 10.3. The minimum atomic E-state index is 0.429. The lowest BCUT2D eigenvalue weighted by atomic mass is 10.1. The molecule has 1 aromatic carbocycles. The van der Waals surface area contributed by atoms with E-state index in [0.717, 1.165) is 6.04 Å². The van der Waals surface area contributed by atoms with Crippen LogP contribution in [0.1, 0.15) is 44.2 Å². The van der Waals surface area contributed by atoms with Gasteiger partial charge in [-0.15, -0.1) is 0 Å². The summed E-state index contributed by atoms with van der Waals surface area (Å²) in [5.41, 5.74) is 2.76. The first kappa shape index (κ1) is 14.9. The van der Waals surface area contributed by atoms with Crippen molar-refractivity contribution in [2.75, 3.05) is 38.1 Å². The van der Waals surface area contributed by atoms with E-state index in [4.69, 9.17) is 0 Å². The van der Waals surface area contributed by atoms with Crippen LogP contribution in [0.3, 0.4) is 0 Å².